The third-order valence-electron chi connectivity index (χ3n) is 3.65. The van der Waals surface area contributed by atoms with Crippen LogP contribution in [0.3, 0.4) is 0 Å². The van der Waals surface area contributed by atoms with Gasteiger partial charge in [-0.15, -0.1) is 0 Å². The number of hydrogen-bond donors (Lipinski definition) is 0. The van der Waals surface area contributed by atoms with Gasteiger partial charge in [-0.2, -0.15) is 0 Å². The summed E-state index contributed by atoms with van der Waals surface area (Å²) in [6, 6.07) is 19.8. The minimum Gasteiger partial charge on any atom is -0.295 e. The Morgan fingerprint density at radius 2 is 1.57 bits per heavy atom. The number of Topliss-reactive ketones (excluding diaryl/α,β-unsaturated/α-hetero) is 1. The monoisotopic (exact) mass is 301 g/mol. The molecule has 1 heterocycles. The lowest BCUT2D eigenvalue weighted by molar-refractivity contribution is 0.101. The van der Waals surface area contributed by atoms with Crippen LogP contribution < -0.4 is 0 Å². The quantitative estimate of drug-likeness (QED) is 0.679. The molecule has 3 nitrogen and oxygen atoms in total. The van der Waals surface area contributed by atoms with Crippen molar-refractivity contribution in [2.45, 2.75) is 6.92 Å². The first kappa shape index (κ1) is 14.9. The zero-order valence-electron chi connectivity index (χ0n) is 12.7. The number of hydrogen-bond acceptors (Lipinski definition) is 3. The van der Waals surface area contributed by atoms with Gasteiger partial charge in [0.25, 0.3) is 0 Å². The van der Waals surface area contributed by atoms with Gasteiger partial charge in [0, 0.05) is 28.5 Å². The summed E-state index contributed by atoms with van der Waals surface area (Å²) in [5.41, 5.74) is 3.03. The van der Waals surface area contributed by atoms with Crippen molar-refractivity contribution in [3.63, 3.8) is 0 Å². The Hall–Kier alpha value is -3.07. The van der Waals surface area contributed by atoms with Gasteiger partial charge in [0.05, 0.1) is 5.69 Å². The van der Waals surface area contributed by atoms with E-state index in [2.05, 4.69) is 4.98 Å². The average Bonchev–Trinajstić information content (AvgIpc) is 2.62. The molecule has 3 rings (SSSR count). The highest BCUT2D eigenvalue weighted by molar-refractivity contribution is 6.13. The van der Waals surface area contributed by atoms with Crippen LogP contribution in [0, 0.1) is 0 Å². The minimum absolute atomic E-state index is 0.0697. The van der Waals surface area contributed by atoms with Gasteiger partial charge < -0.3 is 0 Å². The lowest BCUT2D eigenvalue weighted by atomic mass is 9.93. The van der Waals surface area contributed by atoms with Gasteiger partial charge in [0.2, 0.25) is 0 Å². The fourth-order valence-corrected chi connectivity index (χ4v) is 2.44. The molecule has 0 radical (unpaired) electrons. The fraction of sp³-hybridized carbons (Fsp3) is 0.0500. The van der Waals surface area contributed by atoms with Crippen molar-refractivity contribution < 1.29 is 9.59 Å². The van der Waals surface area contributed by atoms with E-state index < -0.39 is 0 Å². The number of pyridine rings is 1. The summed E-state index contributed by atoms with van der Waals surface area (Å²) in [6.45, 7) is 1.49. The highest BCUT2D eigenvalue weighted by Crippen LogP contribution is 2.25. The van der Waals surface area contributed by atoms with E-state index in [9.17, 15) is 9.59 Å². The molecule has 23 heavy (non-hydrogen) atoms. The first-order chi connectivity index (χ1) is 11.2. The van der Waals surface area contributed by atoms with Gasteiger partial charge in [-0.1, -0.05) is 48.5 Å². The van der Waals surface area contributed by atoms with Crippen LogP contribution in [0.25, 0.3) is 11.3 Å². The molecule has 0 saturated heterocycles. The average molecular weight is 301 g/mol. The molecule has 0 spiro atoms. The predicted molar refractivity (Wildman–Crippen MR) is 89.6 cm³/mol. The van der Waals surface area contributed by atoms with Crippen molar-refractivity contribution in [2.75, 3.05) is 0 Å². The SMILES string of the molecule is CC(=O)c1ccc(-c2ccccn2)c(C(=O)c2ccccc2)c1. The third kappa shape index (κ3) is 3.09. The second-order valence-electron chi connectivity index (χ2n) is 5.23. The zero-order chi connectivity index (χ0) is 16.2. The lowest BCUT2D eigenvalue weighted by Gasteiger charge is -2.10. The topological polar surface area (TPSA) is 47.0 Å². The van der Waals surface area contributed by atoms with Gasteiger partial charge in [-0.3, -0.25) is 14.6 Å². The van der Waals surface area contributed by atoms with Gasteiger partial charge in [0.1, 0.15) is 0 Å². The van der Waals surface area contributed by atoms with E-state index >= 15 is 0 Å². The number of ketones is 2. The van der Waals surface area contributed by atoms with E-state index in [1.165, 1.54) is 6.92 Å². The van der Waals surface area contributed by atoms with Crippen LogP contribution in [-0.2, 0) is 0 Å². The predicted octanol–water partition coefficient (Wildman–Crippen LogP) is 4.18. The second-order valence-corrected chi connectivity index (χ2v) is 5.23. The van der Waals surface area contributed by atoms with E-state index in [1.54, 1.807) is 36.5 Å². The Labute approximate surface area is 134 Å². The molecular weight excluding hydrogens is 286 g/mol. The normalized spacial score (nSPS) is 10.3. The summed E-state index contributed by atoms with van der Waals surface area (Å²) < 4.78 is 0. The summed E-state index contributed by atoms with van der Waals surface area (Å²) in [6.07, 6.45) is 1.69. The third-order valence-corrected chi connectivity index (χ3v) is 3.65. The molecule has 0 unspecified atom stereocenters. The number of nitrogens with zero attached hydrogens (tertiary/aromatic N) is 1. The van der Waals surface area contributed by atoms with Crippen molar-refractivity contribution in [1.82, 2.24) is 4.98 Å². The molecule has 0 aliphatic rings. The second kappa shape index (κ2) is 6.36. The van der Waals surface area contributed by atoms with Crippen LogP contribution >= 0.6 is 0 Å². The van der Waals surface area contributed by atoms with Crippen LogP contribution in [0.1, 0.15) is 33.2 Å². The molecule has 0 aliphatic carbocycles. The Kier molecular flexibility index (Phi) is 4.11. The van der Waals surface area contributed by atoms with Gasteiger partial charge >= 0.3 is 0 Å². The molecule has 0 amide bonds. The summed E-state index contributed by atoms with van der Waals surface area (Å²) in [5.74, 6) is -0.186. The maximum atomic E-state index is 12.9. The van der Waals surface area contributed by atoms with Crippen LogP contribution in [-0.4, -0.2) is 16.6 Å². The van der Waals surface area contributed by atoms with E-state index in [4.69, 9.17) is 0 Å². The molecule has 0 aliphatic heterocycles. The molecule has 0 saturated carbocycles. The van der Waals surface area contributed by atoms with E-state index in [0.29, 0.717) is 22.4 Å². The summed E-state index contributed by atoms with van der Waals surface area (Å²) in [7, 11) is 0. The van der Waals surface area contributed by atoms with Gasteiger partial charge in [0.15, 0.2) is 11.6 Å². The van der Waals surface area contributed by atoms with Crippen LogP contribution in [0.4, 0.5) is 0 Å². The molecule has 0 fully saturated rings. The lowest BCUT2D eigenvalue weighted by Crippen LogP contribution is -2.06. The molecular formula is C20H15NO2. The van der Waals surface area contributed by atoms with Crippen molar-refractivity contribution in [3.05, 3.63) is 89.6 Å². The summed E-state index contributed by atoms with van der Waals surface area (Å²) in [5, 5.41) is 0. The molecule has 0 N–H and O–H groups in total. The number of carbonyl (C=O) groups excluding carboxylic acids is 2. The maximum absolute atomic E-state index is 12.9. The molecule has 1 aromatic heterocycles. The van der Waals surface area contributed by atoms with Crippen LogP contribution in [0.5, 0.6) is 0 Å². The smallest absolute Gasteiger partial charge is 0.193 e. The minimum atomic E-state index is -0.116. The van der Waals surface area contributed by atoms with Crippen LogP contribution in [0.15, 0.2) is 72.9 Å². The Morgan fingerprint density at radius 3 is 2.22 bits per heavy atom. The van der Waals surface area contributed by atoms with E-state index in [-0.39, 0.29) is 11.6 Å². The molecule has 112 valence electrons. The maximum Gasteiger partial charge on any atom is 0.193 e. The standard InChI is InChI=1S/C20H15NO2/c1-14(22)16-10-11-17(19-9-5-6-12-21-19)18(13-16)20(23)15-7-3-2-4-8-15/h2-13H,1H3. The summed E-state index contributed by atoms with van der Waals surface area (Å²) >= 11 is 0. The Morgan fingerprint density at radius 1 is 0.826 bits per heavy atom. The number of carbonyl (C=O) groups is 2. The Balaban J connectivity index is 2.18. The van der Waals surface area contributed by atoms with Crippen molar-refractivity contribution in [2.24, 2.45) is 0 Å². The van der Waals surface area contributed by atoms with Gasteiger partial charge in [-0.25, -0.2) is 0 Å². The van der Waals surface area contributed by atoms with E-state index in [1.807, 2.05) is 36.4 Å². The van der Waals surface area contributed by atoms with E-state index in [0.717, 1.165) is 5.56 Å². The Bertz CT molecular complexity index is 855. The van der Waals surface area contributed by atoms with Crippen molar-refractivity contribution >= 4 is 11.6 Å². The molecule has 2 aromatic carbocycles. The molecule has 3 aromatic rings. The molecule has 0 atom stereocenters. The number of rotatable bonds is 4. The molecule has 0 bridgehead atoms. The van der Waals surface area contributed by atoms with Crippen molar-refractivity contribution in [1.29, 1.82) is 0 Å². The number of benzene rings is 2. The summed E-state index contributed by atoms with van der Waals surface area (Å²) in [4.78, 5) is 28.9. The fourth-order valence-electron chi connectivity index (χ4n) is 2.44. The highest BCUT2D eigenvalue weighted by Gasteiger charge is 2.17. The highest BCUT2D eigenvalue weighted by atomic mass is 16.1. The first-order valence-corrected chi connectivity index (χ1v) is 7.33. The zero-order valence-corrected chi connectivity index (χ0v) is 12.7. The van der Waals surface area contributed by atoms with Crippen LogP contribution in [0.2, 0.25) is 0 Å². The number of aromatic nitrogens is 1. The first-order valence-electron chi connectivity index (χ1n) is 7.33. The van der Waals surface area contributed by atoms with Gasteiger partial charge in [-0.05, 0) is 25.1 Å². The largest absolute Gasteiger partial charge is 0.295 e. The molecule has 3 heteroatoms. The van der Waals surface area contributed by atoms with Crippen molar-refractivity contribution in [3.8, 4) is 11.3 Å².